The Labute approximate surface area is 175 Å². The Morgan fingerprint density at radius 1 is 1.11 bits per heavy atom. The van der Waals surface area contributed by atoms with Crippen molar-refractivity contribution in [3.63, 3.8) is 0 Å². The lowest BCUT2D eigenvalue weighted by Crippen LogP contribution is -2.42. The average molecular weight is 467 g/mol. The fraction of sp³-hybridized carbons (Fsp3) is 0.200. The van der Waals surface area contributed by atoms with Crippen molar-refractivity contribution < 1.29 is 24.2 Å². The third kappa shape index (κ3) is 5.05. The molecule has 2 aromatic rings. The van der Waals surface area contributed by atoms with Crippen LogP contribution in [0.5, 0.6) is 11.5 Å². The Hall–Kier alpha value is -2.51. The van der Waals surface area contributed by atoms with E-state index in [2.05, 4.69) is 21.2 Å². The molecule has 1 amide bonds. The lowest BCUT2D eigenvalue weighted by atomic mass is 10.0. The molecule has 2 bridgehead atoms. The van der Waals surface area contributed by atoms with Crippen LogP contribution < -0.4 is 14.8 Å². The molecule has 4 rings (SSSR count). The minimum Gasteiger partial charge on any atom is -0.489 e. The van der Waals surface area contributed by atoms with Gasteiger partial charge in [0.15, 0.2) is 0 Å². The second-order valence-electron chi connectivity index (χ2n) is 6.07. The van der Waals surface area contributed by atoms with Crippen molar-refractivity contribution in [3.05, 3.63) is 69.2 Å². The first-order valence-electron chi connectivity index (χ1n) is 8.46. The Morgan fingerprint density at radius 2 is 1.79 bits per heavy atom. The molecule has 2 aliphatic heterocycles. The molecule has 8 heteroatoms. The quantitative estimate of drug-likeness (QED) is 0.624. The normalized spacial score (nSPS) is 17.2. The number of rotatable bonds is 1. The molecule has 0 aromatic heterocycles. The first-order chi connectivity index (χ1) is 13.4. The monoisotopic (exact) mass is 465 g/mol. The summed E-state index contributed by atoms with van der Waals surface area (Å²) in [5, 5.41) is 12.5. The van der Waals surface area contributed by atoms with Crippen LogP contribution in [0.2, 0.25) is 5.02 Å². The van der Waals surface area contributed by atoms with Crippen LogP contribution in [0.3, 0.4) is 0 Å². The predicted molar refractivity (Wildman–Crippen MR) is 108 cm³/mol. The van der Waals surface area contributed by atoms with Crippen LogP contribution in [0.25, 0.3) is 0 Å². The van der Waals surface area contributed by atoms with Crippen LogP contribution in [-0.2, 0) is 11.2 Å². The third-order valence-corrected chi connectivity index (χ3v) is 4.85. The number of hydrogen-bond acceptors (Lipinski definition) is 4. The molecule has 146 valence electrons. The van der Waals surface area contributed by atoms with Crippen LogP contribution in [0, 0.1) is 0 Å². The van der Waals surface area contributed by atoms with Gasteiger partial charge in [-0.2, -0.15) is 0 Å². The van der Waals surface area contributed by atoms with Gasteiger partial charge in [-0.1, -0.05) is 33.6 Å². The third-order valence-electron chi connectivity index (χ3n) is 4.06. The van der Waals surface area contributed by atoms with Crippen molar-refractivity contribution in [2.45, 2.75) is 12.5 Å². The smallest absolute Gasteiger partial charge is 0.326 e. The molecule has 0 spiro atoms. The first-order valence-corrected chi connectivity index (χ1v) is 9.63. The van der Waals surface area contributed by atoms with E-state index in [9.17, 15) is 14.7 Å². The van der Waals surface area contributed by atoms with Crippen molar-refractivity contribution in [2.75, 3.05) is 13.2 Å². The minimum absolute atomic E-state index is 0.0746. The van der Waals surface area contributed by atoms with E-state index in [0.717, 1.165) is 0 Å². The Balaban J connectivity index is 1.96. The zero-order valence-corrected chi connectivity index (χ0v) is 17.0. The lowest BCUT2D eigenvalue weighted by molar-refractivity contribution is -0.139. The van der Waals surface area contributed by atoms with Gasteiger partial charge >= 0.3 is 5.97 Å². The van der Waals surface area contributed by atoms with Gasteiger partial charge in [-0.25, -0.2) is 4.79 Å². The average Bonchev–Trinajstić information content (AvgIpc) is 2.65. The van der Waals surface area contributed by atoms with Gasteiger partial charge in [-0.15, -0.1) is 0 Å². The fourth-order valence-electron chi connectivity index (χ4n) is 2.68. The molecule has 28 heavy (non-hydrogen) atoms. The molecule has 0 fully saturated rings. The van der Waals surface area contributed by atoms with Crippen molar-refractivity contribution in [1.82, 2.24) is 5.32 Å². The second kappa shape index (κ2) is 9.12. The number of carbonyl (C=O) groups excluding carboxylic acids is 1. The molecule has 2 aliphatic rings. The summed E-state index contributed by atoms with van der Waals surface area (Å²) in [6.45, 7) is 0.522. The largest absolute Gasteiger partial charge is 0.489 e. The van der Waals surface area contributed by atoms with Crippen LogP contribution in [-0.4, -0.2) is 36.2 Å². The maximum atomic E-state index is 12.7. The van der Waals surface area contributed by atoms with Gasteiger partial charge in [-0.05, 0) is 48.0 Å². The van der Waals surface area contributed by atoms with Crippen molar-refractivity contribution in [3.8, 4) is 11.5 Å². The number of benzene rings is 2. The lowest BCUT2D eigenvalue weighted by Gasteiger charge is -2.17. The number of carbonyl (C=O) groups is 2. The number of nitrogens with one attached hydrogen (secondary N) is 1. The van der Waals surface area contributed by atoms with Gasteiger partial charge < -0.3 is 19.9 Å². The van der Waals surface area contributed by atoms with Gasteiger partial charge in [0.25, 0.3) is 5.91 Å². The van der Waals surface area contributed by atoms with Crippen LogP contribution in [0.1, 0.15) is 15.9 Å². The number of ether oxygens (including phenoxy) is 2. The number of carboxylic acid groups (broad SMARTS) is 1. The highest BCUT2D eigenvalue weighted by atomic mass is 79.9. The van der Waals surface area contributed by atoms with E-state index >= 15 is 0 Å². The molecule has 0 saturated carbocycles. The van der Waals surface area contributed by atoms with Gasteiger partial charge in [0.05, 0.1) is 10.6 Å². The van der Waals surface area contributed by atoms with E-state index in [0.29, 0.717) is 33.2 Å². The standard InChI is InChI=1S/C20H17BrClNO5/c21-13-4-6-17-14(11-13)19(24)23-16(20(25)26)10-12-3-5-18(15(22)9-12)28-8-2-1-7-27-17/h1-6,9,11,16H,7-8,10H2,(H,23,24)(H,25,26)/t16-/m0/s1. The Morgan fingerprint density at radius 3 is 2.46 bits per heavy atom. The van der Waals surface area contributed by atoms with Crippen molar-refractivity contribution in [2.24, 2.45) is 0 Å². The molecule has 0 unspecified atom stereocenters. The molecule has 2 aromatic carbocycles. The number of hydrogen-bond donors (Lipinski definition) is 2. The van der Waals surface area contributed by atoms with Crippen molar-refractivity contribution >= 4 is 39.4 Å². The van der Waals surface area contributed by atoms with Crippen LogP contribution in [0.15, 0.2) is 53.0 Å². The predicted octanol–water partition coefficient (Wildman–Crippen LogP) is 3.86. The summed E-state index contributed by atoms with van der Waals surface area (Å²) in [6, 6.07) is 8.91. The molecule has 0 aliphatic carbocycles. The summed E-state index contributed by atoms with van der Waals surface area (Å²) in [7, 11) is 0. The summed E-state index contributed by atoms with van der Waals surface area (Å²) in [6.07, 6.45) is 3.62. The second-order valence-corrected chi connectivity index (χ2v) is 7.39. The zero-order valence-electron chi connectivity index (χ0n) is 14.7. The number of fused-ring (bicyclic) bond motifs is 9. The van der Waals surface area contributed by atoms with E-state index in [1.54, 1.807) is 48.6 Å². The van der Waals surface area contributed by atoms with E-state index < -0.39 is 17.9 Å². The molecule has 2 heterocycles. The fourth-order valence-corrected chi connectivity index (χ4v) is 3.30. The SMILES string of the molecule is O=C1N[C@H](C(=O)O)Cc2ccc(c(Cl)c2)OCC=CCOc2ccc(Br)cc21. The summed E-state index contributed by atoms with van der Waals surface area (Å²) < 4.78 is 11.9. The summed E-state index contributed by atoms with van der Waals surface area (Å²) >= 11 is 9.54. The van der Waals surface area contributed by atoms with Crippen molar-refractivity contribution in [1.29, 1.82) is 0 Å². The maximum absolute atomic E-state index is 12.7. The summed E-state index contributed by atoms with van der Waals surface area (Å²) in [5.74, 6) is -0.833. The highest BCUT2D eigenvalue weighted by Gasteiger charge is 2.23. The topological polar surface area (TPSA) is 84.9 Å². The molecule has 0 radical (unpaired) electrons. The zero-order chi connectivity index (χ0) is 20.1. The number of aliphatic carboxylic acids is 1. The summed E-state index contributed by atoms with van der Waals surface area (Å²) in [5.41, 5.74) is 0.907. The van der Waals surface area contributed by atoms with Crippen LogP contribution in [0.4, 0.5) is 0 Å². The Bertz CT molecular complexity index is 931. The van der Waals surface area contributed by atoms with E-state index in [1.165, 1.54) is 0 Å². The number of halogens is 2. The van der Waals surface area contributed by atoms with Gasteiger partial charge in [0.1, 0.15) is 30.8 Å². The van der Waals surface area contributed by atoms with E-state index in [-0.39, 0.29) is 18.6 Å². The van der Waals surface area contributed by atoms with Gasteiger partial charge in [-0.3, -0.25) is 4.79 Å². The molecule has 0 saturated heterocycles. The van der Waals surface area contributed by atoms with Gasteiger partial charge in [0, 0.05) is 10.9 Å². The highest BCUT2D eigenvalue weighted by molar-refractivity contribution is 9.10. The van der Waals surface area contributed by atoms with E-state index in [4.69, 9.17) is 21.1 Å². The maximum Gasteiger partial charge on any atom is 0.326 e. The molecular weight excluding hydrogens is 450 g/mol. The molecule has 1 atom stereocenters. The number of amides is 1. The van der Waals surface area contributed by atoms with Gasteiger partial charge in [0.2, 0.25) is 0 Å². The van der Waals surface area contributed by atoms with Crippen LogP contribution >= 0.6 is 27.5 Å². The van der Waals surface area contributed by atoms with E-state index in [1.807, 2.05) is 0 Å². The minimum atomic E-state index is -1.15. The first kappa shape index (κ1) is 20.2. The molecule has 2 N–H and O–H groups in total. The molecular formula is C20H17BrClNO5. The highest BCUT2D eigenvalue weighted by Crippen LogP contribution is 2.27. The molecule has 6 nitrogen and oxygen atoms in total. The Kier molecular flexibility index (Phi) is 6.59. The number of carboxylic acids is 1. The summed E-state index contributed by atoms with van der Waals surface area (Å²) in [4.78, 5) is 24.4.